The lowest BCUT2D eigenvalue weighted by Crippen LogP contribution is -2.55. The Kier molecular flexibility index (Phi) is 2.74. The van der Waals surface area contributed by atoms with Gasteiger partial charge in [0.05, 0.1) is 18.2 Å². The molecule has 0 aromatic carbocycles. The van der Waals surface area contributed by atoms with E-state index in [1.807, 2.05) is 13.8 Å². The van der Waals surface area contributed by atoms with Gasteiger partial charge in [-0.05, 0) is 13.8 Å². The van der Waals surface area contributed by atoms with E-state index in [0.29, 0.717) is 0 Å². The first-order valence-corrected chi connectivity index (χ1v) is 2.63. The maximum absolute atomic E-state index is 5.54. The fourth-order valence-corrected chi connectivity index (χ4v) is 0.812. The molecule has 0 aromatic rings. The Hall–Kier alpha value is 0.210. The van der Waals surface area contributed by atoms with Crippen molar-refractivity contribution >= 4 is 12.4 Å². The zero-order valence-corrected chi connectivity index (χ0v) is 5.94. The van der Waals surface area contributed by atoms with Crippen LogP contribution in [0.15, 0.2) is 0 Å². The van der Waals surface area contributed by atoms with E-state index < -0.39 is 0 Å². The molecule has 8 heavy (non-hydrogen) atoms. The van der Waals surface area contributed by atoms with Crippen LogP contribution in [0.1, 0.15) is 13.8 Å². The average Bonchev–Trinajstić information content (AvgIpc) is 1.68. The van der Waals surface area contributed by atoms with Crippen LogP contribution in [-0.4, -0.2) is 18.2 Å². The molecular weight excluding hydrogens is 126 g/mol. The highest BCUT2D eigenvalue weighted by Gasteiger charge is 2.31. The van der Waals surface area contributed by atoms with Crippen molar-refractivity contribution in [2.75, 3.05) is 0 Å². The van der Waals surface area contributed by atoms with Crippen molar-refractivity contribution in [2.24, 2.45) is 5.73 Å². The molecule has 0 aromatic heterocycles. The molecule has 1 fully saturated rings. The van der Waals surface area contributed by atoms with Crippen molar-refractivity contribution in [1.29, 1.82) is 0 Å². The Balaban J connectivity index is 0.000000490. The molecule has 50 valence electrons. The molecule has 0 aliphatic carbocycles. The second-order valence-electron chi connectivity index (χ2n) is 2.12. The molecular formula is C5H12ClNO. The van der Waals surface area contributed by atoms with E-state index in [0.717, 1.165) is 0 Å². The third kappa shape index (κ3) is 1.13. The molecule has 0 amide bonds. The summed E-state index contributed by atoms with van der Waals surface area (Å²) in [6.07, 6.45) is 0.574. The van der Waals surface area contributed by atoms with Gasteiger partial charge in [0.15, 0.2) is 0 Å². The summed E-state index contributed by atoms with van der Waals surface area (Å²) in [6, 6.07) is 0.278. The number of nitrogens with two attached hydrogens (primary N) is 1. The maximum Gasteiger partial charge on any atom is 0.0727 e. The zero-order valence-electron chi connectivity index (χ0n) is 5.13. The van der Waals surface area contributed by atoms with Crippen LogP contribution >= 0.6 is 12.4 Å². The quantitative estimate of drug-likeness (QED) is 0.529. The summed E-state index contributed by atoms with van der Waals surface area (Å²) in [5.41, 5.74) is 5.54. The van der Waals surface area contributed by atoms with Crippen LogP contribution in [0.4, 0.5) is 0 Å². The maximum atomic E-state index is 5.54. The van der Waals surface area contributed by atoms with Gasteiger partial charge in [-0.3, -0.25) is 0 Å². The van der Waals surface area contributed by atoms with E-state index in [9.17, 15) is 0 Å². The van der Waals surface area contributed by atoms with E-state index in [-0.39, 0.29) is 30.7 Å². The third-order valence-electron chi connectivity index (χ3n) is 1.51. The molecule has 0 bridgehead atoms. The molecule has 0 saturated carbocycles. The van der Waals surface area contributed by atoms with Crippen molar-refractivity contribution in [3.05, 3.63) is 0 Å². The second-order valence-corrected chi connectivity index (χ2v) is 2.12. The molecule has 0 radical (unpaired) electrons. The molecule has 2 atom stereocenters. The third-order valence-corrected chi connectivity index (χ3v) is 1.51. The summed E-state index contributed by atoms with van der Waals surface area (Å²) in [4.78, 5) is 0. The first-order chi connectivity index (χ1) is 3.22. The molecule has 1 heterocycles. The summed E-state index contributed by atoms with van der Waals surface area (Å²) in [5, 5.41) is 0. The lowest BCUT2D eigenvalue weighted by atomic mass is 10.0. The Labute approximate surface area is 55.8 Å². The van der Waals surface area contributed by atoms with E-state index in [2.05, 4.69) is 0 Å². The lowest BCUT2D eigenvalue weighted by molar-refractivity contribution is -0.123. The van der Waals surface area contributed by atoms with Crippen molar-refractivity contribution in [3.8, 4) is 0 Å². The summed E-state index contributed by atoms with van der Waals surface area (Å²) >= 11 is 0. The van der Waals surface area contributed by atoms with Gasteiger partial charge in [-0.25, -0.2) is 0 Å². The molecule has 1 aliphatic rings. The number of ether oxygens (including phenoxy) is 1. The van der Waals surface area contributed by atoms with Gasteiger partial charge < -0.3 is 10.5 Å². The van der Waals surface area contributed by atoms with Gasteiger partial charge >= 0.3 is 0 Å². The van der Waals surface area contributed by atoms with E-state index >= 15 is 0 Å². The molecule has 2 unspecified atom stereocenters. The predicted octanol–water partition coefficient (Wildman–Crippen LogP) is 0.543. The Morgan fingerprint density at radius 1 is 1.25 bits per heavy atom. The van der Waals surface area contributed by atoms with Crippen molar-refractivity contribution in [2.45, 2.75) is 32.1 Å². The van der Waals surface area contributed by atoms with Crippen LogP contribution in [0, 0.1) is 0 Å². The highest BCUT2D eigenvalue weighted by Crippen LogP contribution is 2.16. The van der Waals surface area contributed by atoms with Crippen LogP contribution in [0.25, 0.3) is 0 Å². The SMILES string of the molecule is CC1OC(C)C1N.Cl. The smallest absolute Gasteiger partial charge is 0.0727 e. The van der Waals surface area contributed by atoms with Crippen LogP contribution in [0.3, 0.4) is 0 Å². The fraction of sp³-hybridized carbons (Fsp3) is 1.00. The normalized spacial score (nSPS) is 44.6. The topological polar surface area (TPSA) is 35.2 Å². The summed E-state index contributed by atoms with van der Waals surface area (Å²) in [5.74, 6) is 0. The first kappa shape index (κ1) is 8.21. The van der Waals surface area contributed by atoms with Gasteiger partial charge in [0, 0.05) is 0 Å². The van der Waals surface area contributed by atoms with E-state index in [1.165, 1.54) is 0 Å². The van der Waals surface area contributed by atoms with Crippen LogP contribution in [-0.2, 0) is 4.74 Å². The van der Waals surface area contributed by atoms with E-state index in [4.69, 9.17) is 10.5 Å². The minimum Gasteiger partial charge on any atom is -0.372 e. The van der Waals surface area contributed by atoms with Crippen molar-refractivity contribution in [3.63, 3.8) is 0 Å². The Morgan fingerprint density at radius 2 is 1.62 bits per heavy atom. The first-order valence-electron chi connectivity index (χ1n) is 2.63. The second kappa shape index (κ2) is 2.67. The largest absolute Gasteiger partial charge is 0.372 e. The minimum absolute atomic E-state index is 0. The molecule has 2 nitrogen and oxygen atoms in total. The van der Waals surface area contributed by atoms with Crippen molar-refractivity contribution in [1.82, 2.24) is 0 Å². The highest BCUT2D eigenvalue weighted by atomic mass is 35.5. The molecule has 1 rings (SSSR count). The average molecular weight is 138 g/mol. The monoisotopic (exact) mass is 137 g/mol. The van der Waals surface area contributed by atoms with Crippen LogP contribution in [0.2, 0.25) is 0 Å². The lowest BCUT2D eigenvalue weighted by Gasteiger charge is -2.38. The van der Waals surface area contributed by atoms with Gasteiger partial charge in [0.2, 0.25) is 0 Å². The Morgan fingerprint density at radius 3 is 1.62 bits per heavy atom. The summed E-state index contributed by atoms with van der Waals surface area (Å²) < 4.78 is 5.13. The molecule has 0 spiro atoms. The van der Waals surface area contributed by atoms with Gasteiger partial charge in [0.25, 0.3) is 0 Å². The van der Waals surface area contributed by atoms with Crippen molar-refractivity contribution < 1.29 is 4.74 Å². The highest BCUT2D eigenvalue weighted by molar-refractivity contribution is 5.85. The fourth-order valence-electron chi connectivity index (χ4n) is 0.812. The van der Waals surface area contributed by atoms with Crippen LogP contribution < -0.4 is 5.73 Å². The number of hydrogen-bond acceptors (Lipinski definition) is 2. The summed E-state index contributed by atoms with van der Waals surface area (Å²) in [6.45, 7) is 3.98. The zero-order chi connectivity index (χ0) is 5.44. The number of hydrogen-bond donors (Lipinski definition) is 1. The van der Waals surface area contributed by atoms with Crippen LogP contribution in [0.5, 0.6) is 0 Å². The van der Waals surface area contributed by atoms with Gasteiger partial charge in [-0.15, -0.1) is 12.4 Å². The Bertz CT molecular complexity index is 70.8. The predicted molar refractivity (Wildman–Crippen MR) is 35.2 cm³/mol. The molecule has 2 N–H and O–H groups in total. The molecule has 1 aliphatic heterocycles. The molecule has 3 heteroatoms. The summed E-state index contributed by atoms with van der Waals surface area (Å²) in [7, 11) is 0. The number of halogens is 1. The van der Waals surface area contributed by atoms with Gasteiger partial charge in [-0.2, -0.15) is 0 Å². The number of rotatable bonds is 0. The van der Waals surface area contributed by atoms with Gasteiger partial charge in [0.1, 0.15) is 0 Å². The van der Waals surface area contributed by atoms with E-state index in [1.54, 1.807) is 0 Å². The minimum atomic E-state index is 0. The van der Waals surface area contributed by atoms with Gasteiger partial charge in [-0.1, -0.05) is 0 Å². The standard InChI is InChI=1S/C5H11NO.ClH/c1-3-5(6)4(2)7-3;/h3-5H,6H2,1-2H3;1H. The molecule has 1 saturated heterocycles.